The Kier molecular flexibility index (Phi) is 8.14. The largest absolute Gasteiger partial charge is 0.492 e. The minimum absolute atomic E-state index is 0.500. The molecule has 6 heteroatoms. The van der Waals surface area contributed by atoms with Crippen LogP contribution in [0.4, 0.5) is 11.6 Å². The van der Waals surface area contributed by atoms with Crippen LogP contribution in [0.3, 0.4) is 0 Å². The second-order valence-corrected chi connectivity index (χ2v) is 8.58. The Morgan fingerprint density at radius 3 is 2.64 bits per heavy atom. The van der Waals surface area contributed by atoms with Crippen molar-refractivity contribution < 1.29 is 9.47 Å². The molecule has 0 spiro atoms. The Hall–Kier alpha value is -3.12. The summed E-state index contributed by atoms with van der Waals surface area (Å²) in [6, 6.07) is 16.1. The minimum Gasteiger partial charge on any atom is -0.492 e. The molecule has 0 radical (unpaired) electrons. The van der Waals surface area contributed by atoms with Gasteiger partial charge in [0.05, 0.1) is 0 Å². The first-order chi connectivity index (χ1) is 16.2. The molecule has 0 saturated carbocycles. The Morgan fingerprint density at radius 2 is 1.85 bits per heavy atom. The van der Waals surface area contributed by atoms with Gasteiger partial charge in [-0.2, -0.15) is 4.98 Å². The van der Waals surface area contributed by atoms with Gasteiger partial charge in [0.25, 0.3) is 0 Å². The summed E-state index contributed by atoms with van der Waals surface area (Å²) in [5.74, 6) is 2.73. The van der Waals surface area contributed by atoms with Crippen LogP contribution in [0, 0.1) is 6.92 Å². The van der Waals surface area contributed by atoms with E-state index in [9.17, 15) is 0 Å². The highest BCUT2D eigenvalue weighted by atomic mass is 16.5. The first-order valence-electron chi connectivity index (χ1n) is 12.0. The summed E-state index contributed by atoms with van der Waals surface area (Å²) in [5.41, 5.74) is 3.07. The van der Waals surface area contributed by atoms with Gasteiger partial charge in [-0.15, -0.1) is 0 Å². The molecular formula is C27H34N4O2. The number of anilines is 2. The van der Waals surface area contributed by atoms with Crippen LogP contribution in [0.2, 0.25) is 0 Å². The van der Waals surface area contributed by atoms with Gasteiger partial charge in [-0.1, -0.05) is 25.5 Å². The van der Waals surface area contributed by atoms with Crippen molar-refractivity contribution in [2.24, 2.45) is 0 Å². The molecule has 1 N–H and O–H groups in total. The number of aryl methyl sites for hydroxylation is 2. The Labute approximate surface area is 197 Å². The lowest BCUT2D eigenvalue weighted by Crippen LogP contribution is -2.25. The van der Waals surface area contributed by atoms with E-state index < -0.39 is 0 Å². The van der Waals surface area contributed by atoms with Crippen molar-refractivity contribution in [1.29, 1.82) is 0 Å². The normalized spacial score (nSPS) is 13.8. The summed E-state index contributed by atoms with van der Waals surface area (Å²) < 4.78 is 12.0. The van der Waals surface area contributed by atoms with Gasteiger partial charge in [0, 0.05) is 24.0 Å². The molecule has 1 aliphatic heterocycles. The number of hydrogen-bond donors (Lipinski definition) is 1. The third-order valence-corrected chi connectivity index (χ3v) is 5.84. The van der Waals surface area contributed by atoms with Gasteiger partial charge in [-0.3, -0.25) is 4.90 Å². The van der Waals surface area contributed by atoms with Crippen molar-refractivity contribution in [3.05, 3.63) is 65.9 Å². The molecule has 1 saturated heterocycles. The van der Waals surface area contributed by atoms with E-state index in [1.54, 1.807) is 6.20 Å². The van der Waals surface area contributed by atoms with Crippen LogP contribution in [0.15, 0.2) is 54.7 Å². The van der Waals surface area contributed by atoms with Gasteiger partial charge in [-0.05, 0) is 87.7 Å². The standard InChI is InChI=1S/C27H34N4O2/c1-3-4-8-22-9-7-10-25(19-22)33-26-21(2)20-28-27(30-26)29-23-11-13-24(14-12-23)32-18-17-31-15-5-6-16-31/h7,9-14,19-20H,3-6,8,15-18H2,1-2H3,(H,28,29,30). The van der Waals surface area contributed by atoms with Gasteiger partial charge in [0.15, 0.2) is 0 Å². The summed E-state index contributed by atoms with van der Waals surface area (Å²) in [6.45, 7) is 8.25. The number of nitrogens with zero attached hydrogens (tertiary/aromatic N) is 3. The van der Waals surface area contributed by atoms with E-state index in [0.717, 1.165) is 35.7 Å². The zero-order valence-electron chi connectivity index (χ0n) is 19.7. The molecule has 2 heterocycles. The number of aromatic nitrogens is 2. The third kappa shape index (κ3) is 6.93. The maximum Gasteiger partial charge on any atom is 0.230 e. The molecule has 6 nitrogen and oxygen atoms in total. The van der Waals surface area contributed by atoms with Gasteiger partial charge < -0.3 is 14.8 Å². The van der Waals surface area contributed by atoms with Crippen LogP contribution in [-0.4, -0.2) is 41.1 Å². The summed E-state index contributed by atoms with van der Waals surface area (Å²) in [6.07, 6.45) is 7.80. The average Bonchev–Trinajstić information content (AvgIpc) is 3.35. The van der Waals surface area contributed by atoms with E-state index >= 15 is 0 Å². The fourth-order valence-electron chi connectivity index (χ4n) is 3.91. The minimum atomic E-state index is 0.500. The van der Waals surface area contributed by atoms with E-state index in [1.165, 1.54) is 44.3 Å². The van der Waals surface area contributed by atoms with Crippen molar-refractivity contribution in [1.82, 2.24) is 14.9 Å². The monoisotopic (exact) mass is 446 g/mol. The van der Waals surface area contributed by atoms with Crippen LogP contribution in [0.25, 0.3) is 0 Å². The highest BCUT2D eigenvalue weighted by molar-refractivity contribution is 5.55. The topological polar surface area (TPSA) is 59.5 Å². The molecule has 4 rings (SSSR count). The predicted molar refractivity (Wildman–Crippen MR) is 133 cm³/mol. The smallest absolute Gasteiger partial charge is 0.230 e. The molecule has 0 bridgehead atoms. The molecule has 0 atom stereocenters. The second-order valence-electron chi connectivity index (χ2n) is 8.58. The summed E-state index contributed by atoms with van der Waals surface area (Å²) >= 11 is 0. The zero-order valence-corrected chi connectivity index (χ0v) is 19.7. The van der Waals surface area contributed by atoms with Crippen molar-refractivity contribution >= 4 is 11.6 Å². The van der Waals surface area contributed by atoms with Gasteiger partial charge in [0.1, 0.15) is 18.1 Å². The Morgan fingerprint density at radius 1 is 1.03 bits per heavy atom. The lowest BCUT2D eigenvalue weighted by Gasteiger charge is -2.15. The number of ether oxygens (including phenoxy) is 2. The SMILES string of the molecule is CCCCc1cccc(Oc2nc(Nc3ccc(OCCN4CCCC4)cc3)ncc2C)c1. The van der Waals surface area contributed by atoms with E-state index in [2.05, 4.69) is 39.2 Å². The van der Waals surface area contributed by atoms with Crippen LogP contribution >= 0.6 is 0 Å². The summed E-state index contributed by atoms with van der Waals surface area (Å²) in [7, 11) is 0. The van der Waals surface area contributed by atoms with Crippen LogP contribution < -0.4 is 14.8 Å². The van der Waals surface area contributed by atoms with E-state index in [4.69, 9.17) is 9.47 Å². The van der Waals surface area contributed by atoms with Gasteiger partial charge >= 0.3 is 0 Å². The number of likely N-dealkylation sites (tertiary alicyclic amines) is 1. The Balaban J connectivity index is 1.34. The first-order valence-corrected chi connectivity index (χ1v) is 12.0. The van der Waals surface area contributed by atoms with Crippen molar-refractivity contribution in [3.63, 3.8) is 0 Å². The summed E-state index contributed by atoms with van der Waals surface area (Å²) in [5, 5.41) is 3.26. The lowest BCUT2D eigenvalue weighted by molar-refractivity contribution is 0.238. The molecule has 33 heavy (non-hydrogen) atoms. The van der Waals surface area contributed by atoms with Crippen molar-refractivity contribution in [2.75, 3.05) is 31.6 Å². The zero-order chi connectivity index (χ0) is 22.9. The van der Waals surface area contributed by atoms with Crippen LogP contribution in [0.1, 0.15) is 43.7 Å². The first kappa shape index (κ1) is 23.1. The highest BCUT2D eigenvalue weighted by Gasteiger charge is 2.11. The molecule has 2 aromatic carbocycles. The number of hydrogen-bond acceptors (Lipinski definition) is 6. The second kappa shape index (κ2) is 11.7. The quantitative estimate of drug-likeness (QED) is 0.382. The van der Waals surface area contributed by atoms with Gasteiger partial charge in [-0.25, -0.2) is 4.98 Å². The summed E-state index contributed by atoms with van der Waals surface area (Å²) in [4.78, 5) is 11.5. The van der Waals surface area contributed by atoms with Crippen molar-refractivity contribution in [2.45, 2.75) is 46.0 Å². The Bertz CT molecular complexity index is 1020. The molecule has 0 amide bonds. The van der Waals surface area contributed by atoms with Crippen LogP contribution in [-0.2, 0) is 6.42 Å². The van der Waals surface area contributed by atoms with Crippen LogP contribution in [0.5, 0.6) is 17.4 Å². The van der Waals surface area contributed by atoms with Crippen molar-refractivity contribution in [3.8, 4) is 17.4 Å². The number of nitrogens with one attached hydrogen (secondary N) is 1. The molecule has 0 aliphatic carbocycles. The molecule has 174 valence electrons. The van der Waals surface area contributed by atoms with Gasteiger partial charge in [0.2, 0.25) is 11.8 Å². The van der Waals surface area contributed by atoms with E-state index in [1.807, 2.05) is 43.3 Å². The van der Waals surface area contributed by atoms with E-state index in [-0.39, 0.29) is 0 Å². The molecule has 3 aromatic rings. The fraction of sp³-hybridized carbons (Fsp3) is 0.407. The third-order valence-electron chi connectivity index (χ3n) is 5.84. The maximum atomic E-state index is 6.10. The molecule has 0 unspecified atom stereocenters. The van der Waals surface area contributed by atoms with E-state index in [0.29, 0.717) is 18.4 Å². The molecule has 1 aromatic heterocycles. The average molecular weight is 447 g/mol. The number of rotatable bonds is 11. The fourth-order valence-corrected chi connectivity index (χ4v) is 3.91. The molecule has 1 aliphatic rings. The molecular weight excluding hydrogens is 412 g/mol. The predicted octanol–water partition coefficient (Wildman–Crippen LogP) is 6.14. The highest BCUT2D eigenvalue weighted by Crippen LogP contribution is 2.26. The molecule has 1 fully saturated rings. The number of unbranched alkanes of at least 4 members (excludes halogenated alkanes) is 1. The maximum absolute atomic E-state index is 6.10. The lowest BCUT2D eigenvalue weighted by atomic mass is 10.1. The number of benzene rings is 2.